The van der Waals surface area contributed by atoms with E-state index in [2.05, 4.69) is 5.32 Å². The van der Waals surface area contributed by atoms with Crippen molar-refractivity contribution in [2.24, 2.45) is 0 Å². The molecule has 0 radical (unpaired) electrons. The van der Waals surface area contributed by atoms with Crippen molar-refractivity contribution in [3.8, 4) is 11.5 Å². The van der Waals surface area contributed by atoms with E-state index < -0.39 is 5.41 Å². The van der Waals surface area contributed by atoms with E-state index in [1.54, 1.807) is 19.2 Å². The summed E-state index contributed by atoms with van der Waals surface area (Å²) in [7, 11) is 1.61. The first-order valence-corrected chi connectivity index (χ1v) is 12.0. The highest BCUT2D eigenvalue weighted by atomic mass is 35.5. The summed E-state index contributed by atoms with van der Waals surface area (Å²) >= 11 is 12.6. The zero-order valence-electron chi connectivity index (χ0n) is 18.7. The molecule has 4 rings (SSSR count). The maximum Gasteiger partial charge on any atom is 0.231 e. The minimum Gasteiger partial charge on any atom is -0.493 e. The Labute approximate surface area is 204 Å². The van der Waals surface area contributed by atoms with Gasteiger partial charge in [0.05, 0.1) is 18.6 Å². The zero-order chi connectivity index (χ0) is 23.3. The molecular weight excluding hydrogens is 465 g/mol. The van der Waals surface area contributed by atoms with E-state index in [-0.39, 0.29) is 12.0 Å². The molecular formula is C25H29Cl2NO5. The standard InChI is InChI=1S/C25H29Cl2NO5/c1-30-23-13-17(4-7-22(23)33-16-19-3-2-10-32-19)15-28-24(29)25(8-11-31-12-9-25)20-6-5-18(26)14-21(20)27/h4-7,13-14,19H,2-3,8-12,15-16H2,1H3,(H,28,29). The number of benzene rings is 2. The molecule has 1 amide bonds. The number of nitrogens with one attached hydrogen (secondary N) is 1. The SMILES string of the molecule is COc1cc(CNC(=O)C2(c3ccc(Cl)cc3Cl)CCOCC2)ccc1OCC1CCCO1. The lowest BCUT2D eigenvalue weighted by Gasteiger charge is -2.37. The number of hydrogen-bond acceptors (Lipinski definition) is 5. The molecule has 8 heteroatoms. The lowest BCUT2D eigenvalue weighted by atomic mass is 9.73. The first-order chi connectivity index (χ1) is 16.0. The molecule has 0 spiro atoms. The molecule has 2 heterocycles. The number of halogens is 2. The minimum atomic E-state index is -0.756. The van der Waals surface area contributed by atoms with Crippen LogP contribution in [0.3, 0.4) is 0 Å². The quantitative estimate of drug-likeness (QED) is 0.564. The van der Waals surface area contributed by atoms with Crippen LogP contribution in [0.1, 0.15) is 36.8 Å². The summed E-state index contributed by atoms with van der Waals surface area (Å²) in [6, 6.07) is 11.0. The van der Waals surface area contributed by atoms with Crippen LogP contribution >= 0.6 is 23.2 Å². The molecule has 178 valence electrons. The number of carbonyl (C=O) groups is 1. The fourth-order valence-electron chi connectivity index (χ4n) is 4.47. The van der Waals surface area contributed by atoms with Crippen LogP contribution in [-0.2, 0) is 26.2 Å². The summed E-state index contributed by atoms with van der Waals surface area (Å²) in [5.41, 5.74) is 0.938. The van der Waals surface area contributed by atoms with Gasteiger partial charge in [-0.15, -0.1) is 0 Å². The van der Waals surface area contributed by atoms with Crippen LogP contribution in [0, 0.1) is 0 Å². The van der Waals surface area contributed by atoms with Crippen LogP contribution in [0.5, 0.6) is 11.5 Å². The minimum absolute atomic E-state index is 0.0762. The topological polar surface area (TPSA) is 66.0 Å². The lowest BCUT2D eigenvalue weighted by Crippen LogP contribution is -2.48. The fourth-order valence-corrected chi connectivity index (χ4v) is 5.06. The van der Waals surface area contributed by atoms with E-state index in [0.29, 0.717) is 60.8 Å². The predicted molar refractivity (Wildman–Crippen MR) is 128 cm³/mol. The van der Waals surface area contributed by atoms with Crippen LogP contribution in [0.25, 0.3) is 0 Å². The highest BCUT2D eigenvalue weighted by Gasteiger charge is 2.43. The summed E-state index contributed by atoms with van der Waals surface area (Å²) in [6.45, 7) is 2.64. The molecule has 6 nitrogen and oxygen atoms in total. The van der Waals surface area contributed by atoms with E-state index >= 15 is 0 Å². The Balaban J connectivity index is 1.45. The van der Waals surface area contributed by atoms with Gasteiger partial charge in [-0.3, -0.25) is 4.79 Å². The monoisotopic (exact) mass is 493 g/mol. The van der Waals surface area contributed by atoms with Gasteiger partial charge in [-0.05, 0) is 61.1 Å². The summed E-state index contributed by atoms with van der Waals surface area (Å²) in [5, 5.41) is 4.13. The van der Waals surface area contributed by atoms with Crippen LogP contribution in [0.15, 0.2) is 36.4 Å². The van der Waals surface area contributed by atoms with E-state index in [4.69, 9.17) is 42.1 Å². The molecule has 1 N–H and O–H groups in total. The molecule has 2 saturated heterocycles. The lowest BCUT2D eigenvalue weighted by molar-refractivity contribution is -0.130. The van der Waals surface area contributed by atoms with Crippen molar-refractivity contribution < 1.29 is 23.7 Å². The number of hydrogen-bond donors (Lipinski definition) is 1. The molecule has 1 unspecified atom stereocenters. The molecule has 0 bridgehead atoms. The van der Waals surface area contributed by atoms with E-state index in [1.165, 1.54) is 0 Å². The first kappa shape index (κ1) is 24.1. The molecule has 2 fully saturated rings. The third-order valence-corrected chi connectivity index (χ3v) is 6.91. The Morgan fingerprint density at radius 3 is 2.64 bits per heavy atom. The second-order valence-corrected chi connectivity index (χ2v) is 9.28. The smallest absolute Gasteiger partial charge is 0.231 e. The number of carbonyl (C=O) groups excluding carboxylic acids is 1. The highest BCUT2D eigenvalue weighted by molar-refractivity contribution is 6.35. The molecule has 0 aromatic heterocycles. The molecule has 33 heavy (non-hydrogen) atoms. The number of amides is 1. The Bertz CT molecular complexity index is 971. The first-order valence-electron chi connectivity index (χ1n) is 11.2. The van der Waals surface area contributed by atoms with Crippen molar-refractivity contribution in [2.75, 3.05) is 33.5 Å². The molecule has 2 aromatic rings. The van der Waals surface area contributed by atoms with Gasteiger partial charge in [0, 0.05) is 36.4 Å². The third-order valence-electron chi connectivity index (χ3n) is 6.36. The molecule has 0 aliphatic carbocycles. The van der Waals surface area contributed by atoms with Gasteiger partial charge >= 0.3 is 0 Å². The maximum atomic E-state index is 13.5. The van der Waals surface area contributed by atoms with Gasteiger partial charge in [0.2, 0.25) is 5.91 Å². The second-order valence-electron chi connectivity index (χ2n) is 8.43. The van der Waals surface area contributed by atoms with Gasteiger partial charge in [-0.2, -0.15) is 0 Å². The van der Waals surface area contributed by atoms with Crippen molar-refractivity contribution in [3.63, 3.8) is 0 Å². The highest BCUT2D eigenvalue weighted by Crippen LogP contribution is 2.40. The van der Waals surface area contributed by atoms with Crippen LogP contribution < -0.4 is 14.8 Å². The van der Waals surface area contributed by atoms with Crippen LogP contribution in [0.2, 0.25) is 10.0 Å². The predicted octanol–water partition coefficient (Wildman–Crippen LogP) is 4.92. The van der Waals surface area contributed by atoms with E-state index in [1.807, 2.05) is 24.3 Å². The fraction of sp³-hybridized carbons (Fsp3) is 0.480. The number of rotatable bonds is 8. The van der Waals surface area contributed by atoms with Crippen molar-refractivity contribution in [2.45, 2.75) is 43.7 Å². The van der Waals surface area contributed by atoms with Gasteiger partial charge in [0.15, 0.2) is 11.5 Å². The van der Waals surface area contributed by atoms with Crippen molar-refractivity contribution in [1.82, 2.24) is 5.32 Å². The van der Waals surface area contributed by atoms with Crippen LogP contribution in [0.4, 0.5) is 0 Å². The summed E-state index contributed by atoms with van der Waals surface area (Å²) in [5.74, 6) is 1.21. The van der Waals surface area contributed by atoms with Crippen LogP contribution in [-0.4, -0.2) is 45.5 Å². The number of methoxy groups -OCH3 is 1. The molecule has 0 saturated carbocycles. The normalized spacial score (nSPS) is 19.8. The van der Waals surface area contributed by atoms with Gasteiger partial charge in [0.1, 0.15) is 6.61 Å². The summed E-state index contributed by atoms with van der Waals surface area (Å²) in [6.07, 6.45) is 3.32. The van der Waals surface area contributed by atoms with Gasteiger partial charge < -0.3 is 24.3 Å². The van der Waals surface area contributed by atoms with E-state index in [0.717, 1.165) is 30.6 Å². The molecule has 1 atom stereocenters. The Morgan fingerprint density at radius 1 is 1.12 bits per heavy atom. The molecule has 2 aromatic carbocycles. The third kappa shape index (κ3) is 5.57. The summed E-state index contributed by atoms with van der Waals surface area (Å²) in [4.78, 5) is 13.5. The molecule has 2 aliphatic heterocycles. The average Bonchev–Trinajstić information content (AvgIpc) is 3.35. The Morgan fingerprint density at radius 2 is 1.94 bits per heavy atom. The van der Waals surface area contributed by atoms with Crippen molar-refractivity contribution in [1.29, 1.82) is 0 Å². The molecule has 2 aliphatic rings. The van der Waals surface area contributed by atoms with Crippen molar-refractivity contribution in [3.05, 3.63) is 57.6 Å². The van der Waals surface area contributed by atoms with Gasteiger partial charge in [-0.1, -0.05) is 35.3 Å². The van der Waals surface area contributed by atoms with E-state index in [9.17, 15) is 4.79 Å². The van der Waals surface area contributed by atoms with Gasteiger partial charge in [-0.25, -0.2) is 0 Å². The Hall–Kier alpha value is -1.99. The average molecular weight is 494 g/mol. The zero-order valence-corrected chi connectivity index (χ0v) is 20.2. The summed E-state index contributed by atoms with van der Waals surface area (Å²) < 4.78 is 22.6. The second kappa shape index (κ2) is 11.0. The van der Waals surface area contributed by atoms with Crippen molar-refractivity contribution >= 4 is 29.1 Å². The largest absolute Gasteiger partial charge is 0.493 e. The number of ether oxygens (including phenoxy) is 4. The Kier molecular flexibility index (Phi) is 8.02. The van der Waals surface area contributed by atoms with Gasteiger partial charge in [0.25, 0.3) is 0 Å². The maximum absolute atomic E-state index is 13.5.